The van der Waals surface area contributed by atoms with Crippen molar-refractivity contribution in [2.24, 2.45) is 0 Å². The average molecular weight is 209 g/mol. The lowest BCUT2D eigenvalue weighted by Gasteiger charge is -2.22. The summed E-state index contributed by atoms with van der Waals surface area (Å²) in [5.41, 5.74) is 1.23. The lowest BCUT2D eigenvalue weighted by atomic mass is 10.1. The molecule has 0 radical (unpaired) electrons. The van der Waals surface area contributed by atoms with Crippen LogP contribution in [-0.2, 0) is 6.42 Å². The molecule has 2 rings (SSSR count). The van der Waals surface area contributed by atoms with Gasteiger partial charge in [-0.1, -0.05) is 0 Å². The number of aryl methyl sites for hydroxylation is 1. The van der Waals surface area contributed by atoms with Crippen molar-refractivity contribution in [1.82, 2.24) is 15.1 Å². The number of rotatable bonds is 4. The summed E-state index contributed by atoms with van der Waals surface area (Å²) < 4.78 is 2.07. The molecule has 2 heterocycles. The minimum atomic E-state index is 0.260. The van der Waals surface area contributed by atoms with E-state index in [9.17, 15) is 0 Å². The fourth-order valence-corrected chi connectivity index (χ4v) is 2.05. The predicted octanol–water partition coefficient (Wildman–Crippen LogP) is 0.732. The lowest BCUT2D eigenvalue weighted by Crippen LogP contribution is -2.31. The van der Waals surface area contributed by atoms with E-state index >= 15 is 0 Å². The number of piperidine rings is 1. The molecule has 0 aliphatic carbocycles. The minimum Gasteiger partial charge on any atom is -0.396 e. The molecule has 4 nitrogen and oxygen atoms in total. The van der Waals surface area contributed by atoms with Gasteiger partial charge < -0.3 is 10.4 Å². The van der Waals surface area contributed by atoms with E-state index in [1.165, 1.54) is 18.4 Å². The Morgan fingerprint density at radius 3 is 3.27 bits per heavy atom. The average Bonchev–Trinajstić information content (AvgIpc) is 2.76. The van der Waals surface area contributed by atoms with Gasteiger partial charge in [0.2, 0.25) is 0 Å². The van der Waals surface area contributed by atoms with Crippen LogP contribution >= 0.6 is 0 Å². The normalized spacial score (nSPS) is 21.8. The summed E-state index contributed by atoms with van der Waals surface area (Å²) in [7, 11) is 0. The first kappa shape index (κ1) is 10.6. The van der Waals surface area contributed by atoms with Gasteiger partial charge in [0.05, 0.1) is 12.2 Å². The highest BCUT2D eigenvalue weighted by Gasteiger charge is 2.15. The van der Waals surface area contributed by atoms with Crippen molar-refractivity contribution < 1.29 is 5.11 Å². The second-order valence-corrected chi connectivity index (χ2v) is 4.16. The quantitative estimate of drug-likeness (QED) is 0.768. The molecule has 15 heavy (non-hydrogen) atoms. The number of hydrogen-bond acceptors (Lipinski definition) is 3. The third kappa shape index (κ3) is 2.79. The Morgan fingerprint density at radius 1 is 1.60 bits per heavy atom. The second-order valence-electron chi connectivity index (χ2n) is 4.16. The highest BCUT2D eigenvalue weighted by atomic mass is 16.2. The molecule has 0 spiro atoms. The maximum Gasteiger partial charge on any atom is 0.0644 e. The molecule has 0 aromatic carbocycles. The molecule has 1 unspecified atom stereocenters. The van der Waals surface area contributed by atoms with E-state index in [-0.39, 0.29) is 6.61 Å². The van der Waals surface area contributed by atoms with E-state index in [0.29, 0.717) is 6.04 Å². The molecule has 84 valence electrons. The topological polar surface area (TPSA) is 50.1 Å². The van der Waals surface area contributed by atoms with Gasteiger partial charge in [-0.05, 0) is 37.8 Å². The first-order valence-corrected chi connectivity index (χ1v) is 5.75. The second kappa shape index (κ2) is 5.28. The van der Waals surface area contributed by atoms with Crippen molar-refractivity contribution >= 4 is 0 Å². The van der Waals surface area contributed by atoms with Crippen LogP contribution in [0.1, 0.15) is 30.9 Å². The molecular weight excluding hydrogens is 190 g/mol. The van der Waals surface area contributed by atoms with Crippen LogP contribution in [0.5, 0.6) is 0 Å². The van der Waals surface area contributed by atoms with Crippen molar-refractivity contribution in [1.29, 1.82) is 0 Å². The van der Waals surface area contributed by atoms with Gasteiger partial charge >= 0.3 is 0 Å². The highest BCUT2D eigenvalue weighted by molar-refractivity contribution is 5.04. The van der Waals surface area contributed by atoms with Crippen LogP contribution in [-0.4, -0.2) is 34.6 Å². The van der Waals surface area contributed by atoms with Gasteiger partial charge in [0.15, 0.2) is 0 Å². The summed E-state index contributed by atoms with van der Waals surface area (Å²) in [6.45, 7) is 2.42. The van der Waals surface area contributed by atoms with Crippen molar-refractivity contribution in [2.75, 3.05) is 19.7 Å². The number of aliphatic hydroxyl groups excluding tert-OH is 1. The van der Waals surface area contributed by atoms with Crippen molar-refractivity contribution in [2.45, 2.75) is 31.7 Å². The Kier molecular flexibility index (Phi) is 3.75. The number of nitrogens with zero attached hydrogens (tertiary/aromatic N) is 2. The Bertz CT molecular complexity index is 292. The van der Waals surface area contributed by atoms with E-state index < -0.39 is 0 Å². The van der Waals surface area contributed by atoms with Gasteiger partial charge in [-0.2, -0.15) is 5.10 Å². The predicted molar refractivity (Wildman–Crippen MR) is 58.8 cm³/mol. The van der Waals surface area contributed by atoms with E-state index in [0.717, 1.165) is 25.9 Å². The molecule has 0 amide bonds. The summed E-state index contributed by atoms with van der Waals surface area (Å²) in [5.74, 6) is 0. The minimum absolute atomic E-state index is 0.260. The molecule has 0 saturated carbocycles. The highest BCUT2D eigenvalue weighted by Crippen LogP contribution is 2.16. The zero-order valence-corrected chi connectivity index (χ0v) is 9.02. The van der Waals surface area contributed by atoms with Crippen LogP contribution in [0.4, 0.5) is 0 Å². The van der Waals surface area contributed by atoms with E-state index in [1.807, 2.05) is 6.20 Å². The largest absolute Gasteiger partial charge is 0.396 e. The zero-order valence-electron chi connectivity index (χ0n) is 9.02. The van der Waals surface area contributed by atoms with Gasteiger partial charge in [0, 0.05) is 19.3 Å². The third-order valence-electron chi connectivity index (χ3n) is 2.92. The Balaban J connectivity index is 1.93. The molecule has 1 aromatic heterocycles. The third-order valence-corrected chi connectivity index (χ3v) is 2.92. The Morgan fingerprint density at radius 2 is 2.53 bits per heavy atom. The monoisotopic (exact) mass is 209 g/mol. The smallest absolute Gasteiger partial charge is 0.0644 e. The van der Waals surface area contributed by atoms with Crippen LogP contribution in [0.25, 0.3) is 0 Å². The molecule has 2 N–H and O–H groups in total. The van der Waals surface area contributed by atoms with Crippen LogP contribution in [0.3, 0.4) is 0 Å². The summed E-state index contributed by atoms with van der Waals surface area (Å²) in [6.07, 6.45) is 8.24. The van der Waals surface area contributed by atoms with Gasteiger partial charge in [0.1, 0.15) is 0 Å². The fourth-order valence-electron chi connectivity index (χ4n) is 2.05. The van der Waals surface area contributed by atoms with Crippen LogP contribution < -0.4 is 5.32 Å². The number of aliphatic hydroxyl groups is 1. The Hall–Kier alpha value is -0.870. The molecule has 4 heteroatoms. The standard InChI is InChI=1S/C11H19N3O/c15-6-2-3-10-7-13-14(9-10)11-4-1-5-12-8-11/h7,9,11-12,15H,1-6,8H2. The van der Waals surface area contributed by atoms with E-state index in [2.05, 4.69) is 21.3 Å². The first-order chi connectivity index (χ1) is 7.40. The lowest BCUT2D eigenvalue weighted by molar-refractivity contribution is 0.288. The van der Waals surface area contributed by atoms with Gasteiger partial charge in [-0.3, -0.25) is 4.68 Å². The van der Waals surface area contributed by atoms with Crippen molar-refractivity contribution in [3.05, 3.63) is 18.0 Å². The SMILES string of the molecule is OCCCc1cnn(C2CCCNC2)c1. The van der Waals surface area contributed by atoms with Crippen LogP contribution in [0.15, 0.2) is 12.4 Å². The van der Waals surface area contributed by atoms with Crippen LogP contribution in [0.2, 0.25) is 0 Å². The van der Waals surface area contributed by atoms with E-state index in [1.54, 1.807) is 0 Å². The van der Waals surface area contributed by atoms with Crippen LogP contribution in [0, 0.1) is 0 Å². The van der Waals surface area contributed by atoms with Crippen molar-refractivity contribution in [3.63, 3.8) is 0 Å². The van der Waals surface area contributed by atoms with Crippen molar-refractivity contribution in [3.8, 4) is 0 Å². The molecule has 1 atom stereocenters. The summed E-state index contributed by atoms with van der Waals surface area (Å²) >= 11 is 0. The summed E-state index contributed by atoms with van der Waals surface area (Å²) in [6, 6.07) is 0.515. The summed E-state index contributed by atoms with van der Waals surface area (Å²) in [4.78, 5) is 0. The van der Waals surface area contributed by atoms with Gasteiger partial charge in [-0.25, -0.2) is 0 Å². The number of aromatic nitrogens is 2. The maximum atomic E-state index is 8.75. The zero-order chi connectivity index (χ0) is 10.5. The molecular formula is C11H19N3O. The maximum absolute atomic E-state index is 8.75. The molecule has 1 aromatic rings. The molecule has 1 aliphatic rings. The van der Waals surface area contributed by atoms with Gasteiger partial charge in [0.25, 0.3) is 0 Å². The summed E-state index contributed by atoms with van der Waals surface area (Å²) in [5, 5.41) is 16.5. The number of nitrogens with one attached hydrogen (secondary N) is 1. The van der Waals surface area contributed by atoms with Gasteiger partial charge in [-0.15, -0.1) is 0 Å². The molecule has 1 saturated heterocycles. The molecule has 1 fully saturated rings. The Labute approximate surface area is 90.3 Å². The number of hydrogen-bond donors (Lipinski definition) is 2. The first-order valence-electron chi connectivity index (χ1n) is 5.75. The molecule has 0 bridgehead atoms. The molecule has 1 aliphatic heterocycles. The van der Waals surface area contributed by atoms with E-state index in [4.69, 9.17) is 5.11 Å². The fraction of sp³-hybridized carbons (Fsp3) is 0.727.